The zero-order valence-electron chi connectivity index (χ0n) is 15.5. The molecule has 1 fully saturated rings. The summed E-state index contributed by atoms with van der Waals surface area (Å²) in [5.41, 5.74) is 1.31. The zero-order chi connectivity index (χ0) is 17.6. The van der Waals surface area contributed by atoms with Gasteiger partial charge >= 0.3 is 0 Å². The number of rotatable bonds is 3. The maximum Gasteiger partial charge on any atom is 0.191 e. The zero-order valence-corrected chi connectivity index (χ0v) is 17.1. The van der Waals surface area contributed by atoms with E-state index in [0.29, 0.717) is 11.9 Å². The first-order chi connectivity index (χ1) is 11.9. The summed E-state index contributed by atoms with van der Waals surface area (Å²) in [5, 5.41) is 5.06. The van der Waals surface area contributed by atoms with Crippen molar-refractivity contribution in [3.8, 4) is 0 Å². The van der Waals surface area contributed by atoms with Crippen LogP contribution in [0, 0.1) is 0 Å². The van der Waals surface area contributed by atoms with Gasteiger partial charge in [-0.25, -0.2) is 9.97 Å². The number of piperazine rings is 1. The minimum absolute atomic E-state index is 0.112. The summed E-state index contributed by atoms with van der Waals surface area (Å²) >= 11 is 3.55. The molecule has 4 rings (SSSR count). The second-order valence-electron chi connectivity index (χ2n) is 7.76. The van der Waals surface area contributed by atoms with E-state index in [2.05, 4.69) is 37.9 Å². The lowest BCUT2D eigenvalue weighted by atomic mass is 9.94. The van der Waals surface area contributed by atoms with Gasteiger partial charge in [0.2, 0.25) is 0 Å². The SMILES string of the molecule is CC(C)Sc1nc(N2CC[NH2+]CC2)c2c3c(sc2n1)COC(C)(C)C3. The highest BCUT2D eigenvalue weighted by Gasteiger charge is 2.32. The summed E-state index contributed by atoms with van der Waals surface area (Å²) in [6.07, 6.45) is 0.940. The average molecular weight is 380 g/mol. The van der Waals surface area contributed by atoms with Gasteiger partial charge in [0.05, 0.1) is 43.8 Å². The molecule has 2 aliphatic rings. The second-order valence-corrected chi connectivity index (χ2v) is 10.4. The van der Waals surface area contributed by atoms with Crippen LogP contribution in [0.15, 0.2) is 5.16 Å². The van der Waals surface area contributed by atoms with E-state index in [1.807, 2.05) is 0 Å². The molecule has 0 spiro atoms. The normalized spacial score (nSPS) is 20.3. The van der Waals surface area contributed by atoms with Crippen LogP contribution in [0.2, 0.25) is 0 Å². The molecule has 0 aromatic carbocycles. The molecule has 0 aliphatic carbocycles. The Kier molecular flexibility index (Phi) is 4.68. The first kappa shape index (κ1) is 17.5. The Morgan fingerprint density at radius 3 is 2.72 bits per heavy atom. The van der Waals surface area contributed by atoms with Gasteiger partial charge in [-0.3, -0.25) is 0 Å². The van der Waals surface area contributed by atoms with E-state index >= 15 is 0 Å². The van der Waals surface area contributed by atoms with Crippen LogP contribution in [-0.4, -0.2) is 47.0 Å². The molecule has 2 aromatic rings. The number of ether oxygens (including phenoxy) is 1. The van der Waals surface area contributed by atoms with Crippen molar-refractivity contribution in [2.45, 2.75) is 56.7 Å². The van der Waals surface area contributed by atoms with Crippen molar-refractivity contribution in [2.75, 3.05) is 31.1 Å². The van der Waals surface area contributed by atoms with Crippen LogP contribution < -0.4 is 10.2 Å². The number of quaternary nitrogens is 1. The Labute approximate surface area is 157 Å². The highest BCUT2D eigenvalue weighted by atomic mass is 32.2. The number of nitrogens with zero attached hydrogens (tertiary/aromatic N) is 3. The lowest BCUT2D eigenvalue weighted by Crippen LogP contribution is -2.89. The van der Waals surface area contributed by atoms with Crippen molar-refractivity contribution in [1.29, 1.82) is 0 Å². The molecule has 0 radical (unpaired) electrons. The number of thioether (sulfide) groups is 1. The van der Waals surface area contributed by atoms with Gasteiger partial charge in [-0.2, -0.15) is 0 Å². The van der Waals surface area contributed by atoms with Crippen LogP contribution in [0.25, 0.3) is 10.2 Å². The fourth-order valence-electron chi connectivity index (χ4n) is 3.56. The van der Waals surface area contributed by atoms with Gasteiger partial charge in [0.25, 0.3) is 0 Å². The fourth-order valence-corrected chi connectivity index (χ4v) is 5.42. The monoisotopic (exact) mass is 379 g/mol. The van der Waals surface area contributed by atoms with E-state index in [4.69, 9.17) is 14.7 Å². The van der Waals surface area contributed by atoms with E-state index in [9.17, 15) is 0 Å². The smallest absolute Gasteiger partial charge is 0.191 e. The van der Waals surface area contributed by atoms with Gasteiger partial charge in [0, 0.05) is 16.5 Å². The lowest BCUT2D eigenvalue weighted by Gasteiger charge is -2.31. The minimum Gasteiger partial charge on any atom is -0.370 e. The molecule has 1 saturated heterocycles. The van der Waals surface area contributed by atoms with E-state index < -0.39 is 0 Å². The van der Waals surface area contributed by atoms with Gasteiger partial charge in [-0.15, -0.1) is 11.3 Å². The molecule has 0 bridgehead atoms. The average Bonchev–Trinajstić information content (AvgIpc) is 2.91. The quantitative estimate of drug-likeness (QED) is 0.656. The Morgan fingerprint density at radius 2 is 2.00 bits per heavy atom. The Morgan fingerprint density at radius 1 is 1.24 bits per heavy atom. The standard InChI is InChI=1S/C18H26N4OS2/c1-11(2)24-17-20-15(22-7-5-19-6-8-22)14-12-9-18(3,4)23-10-13(12)25-16(14)21-17/h11,19H,5-10H2,1-4H3/p+1. The lowest BCUT2D eigenvalue weighted by molar-refractivity contribution is -0.655. The van der Waals surface area contributed by atoms with E-state index in [1.165, 1.54) is 15.8 Å². The third kappa shape index (κ3) is 3.52. The number of aromatic nitrogens is 2. The van der Waals surface area contributed by atoms with Crippen LogP contribution >= 0.6 is 23.1 Å². The van der Waals surface area contributed by atoms with Crippen LogP contribution in [0.1, 0.15) is 38.1 Å². The minimum atomic E-state index is -0.112. The molecule has 7 heteroatoms. The van der Waals surface area contributed by atoms with E-state index in [0.717, 1.165) is 48.4 Å². The Hall–Kier alpha value is -0.890. The van der Waals surface area contributed by atoms with Gasteiger partial charge < -0.3 is 15.0 Å². The topological polar surface area (TPSA) is 54.9 Å². The predicted octanol–water partition coefficient (Wildman–Crippen LogP) is 2.43. The molecule has 136 valence electrons. The second kappa shape index (κ2) is 6.68. The largest absolute Gasteiger partial charge is 0.370 e. The third-order valence-corrected chi connectivity index (χ3v) is 6.70. The van der Waals surface area contributed by atoms with Crippen molar-refractivity contribution < 1.29 is 10.1 Å². The Balaban J connectivity index is 1.87. The number of fused-ring (bicyclic) bond motifs is 3. The molecule has 0 saturated carbocycles. The van der Waals surface area contributed by atoms with Gasteiger partial charge in [0.15, 0.2) is 5.16 Å². The van der Waals surface area contributed by atoms with Crippen molar-refractivity contribution in [1.82, 2.24) is 9.97 Å². The number of hydrogen-bond acceptors (Lipinski definition) is 6. The van der Waals surface area contributed by atoms with Gasteiger partial charge in [-0.05, 0) is 19.4 Å². The molecular weight excluding hydrogens is 352 g/mol. The highest BCUT2D eigenvalue weighted by molar-refractivity contribution is 7.99. The fraction of sp³-hybridized carbons (Fsp3) is 0.667. The van der Waals surface area contributed by atoms with Gasteiger partial charge in [0.1, 0.15) is 10.6 Å². The van der Waals surface area contributed by atoms with Crippen molar-refractivity contribution in [3.63, 3.8) is 0 Å². The number of hydrogen-bond donors (Lipinski definition) is 1. The molecular formula is C18H27N4OS2+. The van der Waals surface area contributed by atoms with Gasteiger partial charge in [-0.1, -0.05) is 25.6 Å². The molecule has 2 aliphatic heterocycles. The number of thiophene rings is 1. The summed E-state index contributed by atoms with van der Waals surface area (Å²) in [6, 6.07) is 0. The van der Waals surface area contributed by atoms with E-state index in [-0.39, 0.29) is 5.60 Å². The highest BCUT2D eigenvalue weighted by Crippen LogP contribution is 2.42. The van der Waals surface area contributed by atoms with Crippen molar-refractivity contribution in [3.05, 3.63) is 10.4 Å². The number of anilines is 1. The molecule has 25 heavy (non-hydrogen) atoms. The molecule has 0 unspecified atom stereocenters. The van der Waals surface area contributed by atoms with Crippen LogP contribution in [0.5, 0.6) is 0 Å². The summed E-state index contributed by atoms with van der Waals surface area (Å²) < 4.78 is 6.04. The molecule has 0 amide bonds. The summed E-state index contributed by atoms with van der Waals surface area (Å²) in [6.45, 7) is 13.8. The molecule has 4 heterocycles. The van der Waals surface area contributed by atoms with Crippen molar-refractivity contribution in [2.24, 2.45) is 0 Å². The predicted molar refractivity (Wildman–Crippen MR) is 105 cm³/mol. The molecule has 2 aromatic heterocycles. The van der Waals surface area contributed by atoms with E-state index in [1.54, 1.807) is 23.1 Å². The number of nitrogens with two attached hydrogens (primary N) is 1. The summed E-state index contributed by atoms with van der Waals surface area (Å²) in [7, 11) is 0. The molecule has 5 nitrogen and oxygen atoms in total. The molecule has 2 N–H and O–H groups in total. The molecule has 0 atom stereocenters. The first-order valence-electron chi connectivity index (χ1n) is 9.12. The first-order valence-corrected chi connectivity index (χ1v) is 10.8. The summed E-state index contributed by atoms with van der Waals surface area (Å²) in [5.74, 6) is 1.15. The summed E-state index contributed by atoms with van der Waals surface area (Å²) in [4.78, 5) is 14.9. The maximum atomic E-state index is 6.04. The maximum absolute atomic E-state index is 6.04. The van der Waals surface area contributed by atoms with Crippen LogP contribution in [0.4, 0.5) is 5.82 Å². The third-order valence-electron chi connectivity index (χ3n) is 4.74. The van der Waals surface area contributed by atoms with Crippen LogP contribution in [0.3, 0.4) is 0 Å². The van der Waals surface area contributed by atoms with Crippen molar-refractivity contribution >= 4 is 39.1 Å². The van der Waals surface area contributed by atoms with Crippen LogP contribution in [-0.2, 0) is 17.8 Å². The Bertz CT molecular complexity index is 781.